The molecule has 0 radical (unpaired) electrons. The zero-order chi connectivity index (χ0) is 29.3. The number of nitrogens with zero attached hydrogens (tertiary/aromatic N) is 4. The van der Waals surface area contributed by atoms with Crippen LogP contribution in [0.25, 0.3) is 22.0 Å². The van der Waals surface area contributed by atoms with Crippen LogP contribution in [0.5, 0.6) is 11.8 Å². The molecule has 5 aliphatic rings. The number of rotatable bonds is 9. The molecule has 9 heteroatoms. The van der Waals surface area contributed by atoms with E-state index in [0.717, 1.165) is 71.2 Å². The number of aromatic nitrogens is 2. The number of hydrogen-bond acceptors (Lipinski definition) is 7. The second kappa shape index (κ2) is 10.5. The number of hydrogen-bond donors (Lipinski definition) is 2. The molecule has 1 aromatic heterocycles. The van der Waals surface area contributed by atoms with Crippen molar-refractivity contribution in [1.29, 1.82) is 0 Å². The number of likely N-dealkylation sites (tertiary alicyclic amines) is 1. The summed E-state index contributed by atoms with van der Waals surface area (Å²) in [6.45, 7) is 7.36. The number of aryl methyl sites for hydroxylation is 1. The molecular weight excluding hydrogens is 548 g/mol. The van der Waals surface area contributed by atoms with E-state index in [1.807, 2.05) is 13.0 Å². The number of phenolic OH excluding ortho intramolecular Hbond substituents is 1. The van der Waals surface area contributed by atoms with Crippen LogP contribution in [-0.2, 0) is 6.42 Å². The summed E-state index contributed by atoms with van der Waals surface area (Å²) in [6, 6.07) is 5.52. The lowest BCUT2D eigenvalue weighted by molar-refractivity contribution is 0.170. The van der Waals surface area contributed by atoms with Crippen molar-refractivity contribution < 1.29 is 18.6 Å². The maximum Gasteiger partial charge on any atom is 0.319 e. The molecular formula is C34H41F2N5O2. The molecule has 2 N–H and O–H groups in total. The molecule has 2 atom stereocenters. The smallest absolute Gasteiger partial charge is 0.319 e. The SMILES string of the molecule is CCc1cc2c(N3CC4CCC(C3)N4)nc(OCC3(CN4CCCC4)CC3)nc2c(F)c1-c1c(F)ccc(O)c1C1CC1. The van der Waals surface area contributed by atoms with Gasteiger partial charge in [-0.05, 0) is 101 Å². The Hall–Kier alpha value is -3.04. The maximum absolute atomic E-state index is 17.0. The van der Waals surface area contributed by atoms with E-state index in [9.17, 15) is 5.11 Å². The van der Waals surface area contributed by atoms with Crippen LogP contribution < -0.4 is 15.0 Å². The number of benzene rings is 2. The van der Waals surface area contributed by atoms with E-state index in [1.165, 1.54) is 25.0 Å². The lowest BCUT2D eigenvalue weighted by atomic mass is 9.89. The Morgan fingerprint density at radius 3 is 2.44 bits per heavy atom. The van der Waals surface area contributed by atoms with Gasteiger partial charge in [0.15, 0.2) is 5.82 Å². The first-order valence-electron chi connectivity index (χ1n) is 16.3. The molecule has 3 saturated heterocycles. The van der Waals surface area contributed by atoms with Crippen LogP contribution in [0.15, 0.2) is 18.2 Å². The topological polar surface area (TPSA) is 73.8 Å². The lowest BCUT2D eigenvalue weighted by Crippen LogP contribution is -2.51. The zero-order valence-electron chi connectivity index (χ0n) is 25.0. The van der Waals surface area contributed by atoms with Crippen LogP contribution >= 0.6 is 0 Å². The van der Waals surface area contributed by atoms with Gasteiger partial charge >= 0.3 is 6.01 Å². The summed E-state index contributed by atoms with van der Waals surface area (Å²) in [4.78, 5) is 14.4. The number of fused-ring (bicyclic) bond motifs is 3. The van der Waals surface area contributed by atoms with Crippen molar-refractivity contribution in [2.24, 2.45) is 5.41 Å². The third-order valence-electron chi connectivity index (χ3n) is 10.5. The highest BCUT2D eigenvalue weighted by Crippen LogP contribution is 2.51. The molecule has 5 fully saturated rings. The standard InChI is InChI=1S/C34H41F2N5O2/c1-2-20-15-24-31(30(36)28(20)29-25(35)9-10-26(42)27(29)21-5-6-21)38-33(39-32(24)41-16-22-7-8-23(17-41)37-22)43-19-34(11-12-34)18-40-13-3-4-14-40/h9-10,15,21-23,37,42H,2-8,11-14,16-19H2,1H3. The van der Waals surface area contributed by atoms with Gasteiger partial charge in [0.05, 0.1) is 6.61 Å². The normalized spacial score (nSPS) is 24.7. The Morgan fingerprint density at radius 1 is 1.02 bits per heavy atom. The van der Waals surface area contributed by atoms with Crippen molar-refractivity contribution in [3.05, 3.63) is 41.0 Å². The molecule has 43 heavy (non-hydrogen) atoms. The van der Waals surface area contributed by atoms with Gasteiger partial charge in [0, 0.05) is 59.2 Å². The minimum absolute atomic E-state index is 0.0249. The fourth-order valence-electron chi connectivity index (χ4n) is 7.85. The summed E-state index contributed by atoms with van der Waals surface area (Å²) in [7, 11) is 0. The molecule has 2 bridgehead atoms. The fraction of sp³-hybridized carbons (Fsp3) is 0.588. The maximum atomic E-state index is 17.0. The molecule has 3 aromatic rings. The first-order chi connectivity index (χ1) is 20.9. The first-order valence-corrected chi connectivity index (χ1v) is 16.3. The Bertz CT molecular complexity index is 1550. The Morgan fingerprint density at radius 2 is 1.77 bits per heavy atom. The number of phenols is 1. The number of anilines is 1. The van der Waals surface area contributed by atoms with Gasteiger partial charge in [-0.2, -0.15) is 9.97 Å². The average Bonchev–Trinajstić information content (AvgIpc) is 3.91. The summed E-state index contributed by atoms with van der Waals surface area (Å²) in [5.41, 5.74) is 1.84. The molecule has 0 amide bonds. The number of ether oxygens (including phenoxy) is 1. The van der Waals surface area contributed by atoms with Crippen LogP contribution in [0.4, 0.5) is 14.6 Å². The fourth-order valence-corrected chi connectivity index (χ4v) is 7.85. The van der Waals surface area contributed by atoms with Gasteiger partial charge in [-0.3, -0.25) is 0 Å². The van der Waals surface area contributed by atoms with Gasteiger partial charge in [-0.25, -0.2) is 8.78 Å². The predicted octanol–water partition coefficient (Wildman–Crippen LogP) is 5.92. The Kier molecular flexibility index (Phi) is 6.75. The van der Waals surface area contributed by atoms with Crippen LogP contribution in [0.2, 0.25) is 0 Å². The quantitative estimate of drug-likeness (QED) is 0.321. The van der Waals surface area contributed by atoms with Crippen molar-refractivity contribution in [3.8, 4) is 22.9 Å². The van der Waals surface area contributed by atoms with Crippen molar-refractivity contribution in [3.63, 3.8) is 0 Å². The molecule has 7 nitrogen and oxygen atoms in total. The van der Waals surface area contributed by atoms with Crippen molar-refractivity contribution in [1.82, 2.24) is 20.2 Å². The van der Waals surface area contributed by atoms with Gasteiger partial charge in [0.2, 0.25) is 0 Å². The van der Waals surface area contributed by atoms with E-state index < -0.39 is 11.6 Å². The zero-order valence-corrected chi connectivity index (χ0v) is 25.0. The number of nitrogens with one attached hydrogen (secondary N) is 1. The van der Waals surface area contributed by atoms with E-state index in [4.69, 9.17) is 14.7 Å². The van der Waals surface area contributed by atoms with Gasteiger partial charge in [-0.15, -0.1) is 0 Å². The van der Waals surface area contributed by atoms with E-state index in [-0.39, 0.29) is 39.7 Å². The second-order valence-electron chi connectivity index (χ2n) is 13.7. The van der Waals surface area contributed by atoms with E-state index in [0.29, 0.717) is 47.4 Å². The average molecular weight is 590 g/mol. The Labute approximate surface area is 251 Å². The summed E-state index contributed by atoms with van der Waals surface area (Å²) < 4.78 is 39.0. The van der Waals surface area contributed by atoms with Crippen LogP contribution in [0.3, 0.4) is 0 Å². The summed E-state index contributed by atoms with van der Waals surface area (Å²) in [6.07, 6.45) is 9.19. The van der Waals surface area contributed by atoms with Gasteiger partial charge < -0.3 is 25.0 Å². The minimum Gasteiger partial charge on any atom is -0.508 e. The highest BCUT2D eigenvalue weighted by Gasteiger charge is 2.45. The third kappa shape index (κ3) is 5.02. The largest absolute Gasteiger partial charge is 0.508 e. The number of aromatic hydroxyl groups is 1. The molecule has 2 aliphatic carbocycles. The van der Waals surface area contributed by atoms with Gasteiger partial charge in [0.25, 0.3) is 0 Å². The number of halogens is 2. The van der Waals surface area contributed by atoms with Crippen molar-refractivity contribution in [2.45, 2.75) is 82.7 Å². The molecule has 8 rings (SSSR count). The summed E-state index contributed by atoms with van der Waals surface area (Å²) >= 11 is 0. The van der Waals surface area contributed by atoms with Crippen LogP contribution in [0.1, 0.15) is 75.3 Å². The molecule has 2 saturated carbocycles. The monoisotopic (exact) mass is 589 g/mol. The molecule has 0 spiro atoms. The second-order valence-corrected chi connectivity index (χ2v) is 13.7. The predicted molar refractivity (Wildman–Crippen MR) is 163 cm³/mol. The van der Waals surface area contributed by atoms with Gasteiger partial charge in [0.1, 0.15) is 22.9 Å². The van der Waals surface area contributed by atoms with E-state index >= 15 is 8.78 Å². The highest BCUT2D eigenvalue weighted by atomic mass is 19.1. The van der Waals surface area contributed by atoms with E-state index in [1.54, 1.807) is 0 Å². The van der Waals surface area contributed by atoms with Crippen molar-refractivity contribution in [2.75, 3.05) is 44.2 Å². The third-order valence-corrected chi connectivity index (χ3v) is 10.5. The highest BCUT2D eigenvalue weighted by molar-refractivity contribution is 5.95. The van der Waals surface area contributed by atoms with Gasteiger partial charge in [-0.1, -0.05) is 6.92 Å². The summed E-state index contributed by atoms with van der Waals surface area (Å²) in [5.74, 6) is -0.328. The minimum atomic E-state index is -0.564. The number of piperazine rings is 1. The van der Waals surface area contributed by atoms with Crippen molar-refractivity contribution >= 4 is 16.7 Å². The molecule has 228 valence electrons. The van der Waals surface area contributed by atoms with Crippen LogP contribution in [-0.4, -0.2) is 71.4 Å². The van der Waals surface area contributed by atoms with Crippen LogP contribution in [0, 0.1) is 17.0 Å². The summed E-state index contributed by atoms with van der Waals surface area (Å²) in [5, 5.41) is 15.1. The molecule has 2 aromatic carbocycles. The Balaban J connectivity index is 1.24. The molecule has 2 unspecified atom stereocenters. The van der Waals surface area contributed by atoms with E-state index in [2.05, 4.69) is 15.1 Å². The first kappa shape index (κ1) is 27.5. The molecule has 4 heterocycles. The molecule has 3 aliphatic heterocycles. The lowest BCUT2D eigenvalue weighted by Gasteiger charge is -2.34.